The Morgan fingerprint density at radius 1 is 1.31 bits per heavy atom. The quantitative estimate of drug-likeness (QED) is 0.777. The van der Waals surface area contributed by atoms with Crippen LogP contribution in [0.5, 0.6) is 5.75 Å². The summed E-state index contributed by atoms with van der Waals surface area (Å²) >= 11 is 0. The van der Waals surface area contributed by atoms with Crippen molar-refractivity contribution in [2.75, 3.05) is 19.1 Å². The van der Waals surface area contributed by atoms with Gasteiger partial charge >= 0.3 is 5.97 Å². The van der Waals surface area contributed by atoms with Gasteiger partial charge in [-0.2, -0.15) is 0 Å². The van der Waals surface area contributed by atoms with Crippen LogP contribution in [0.4, 0.5) is 5.69 Å². The predicted molar refractivity (Wildman–Crippen MR) is 58.7 cm³/mol. The molecular formula is C11H13NO4. The molecule has 0 aliphatic carbocycles. The number of carboxylic acids is 1. The van der Waals surface area contributed by atoms with E-state index in [1.165, 1.54) is 11.9 Å². The predicted octanol–water partition coefficient (Wildman–Crippen LogP) is 1.13. The van der Waals surface area contributed by atoms with Crippen LogP contribution in [0, 0.1) is 0 Å². The first kappa shape index (κ1) is 12.0. The SMILES string of the molecule is COc1ccc(N(C)C(=O)CC(=O)O)cc1. The van der Waals surface area contributed by atoms with E-state index < -0.39 is 18.3 Å². The number of hydrogen-bond acceptors (Lipinski definition) is 3. The Balaban J connectivity index is 2.75. The van der Waals surface area contributed by atoms with Crippen molar-refractivity contribution in [2.24, 2.45) is 0 Å². The molecule has 0 fully saturated rings. The number of amides is 1. The average Bonchev–Trinajstić information content (AvgIpc) is 2.27. The third-order valence-electron chi connectivity index (χ3n) is 2.14. The van der Waals surface area contributed by atoms with Crippen molar-refractivity contribution < 1.29 is 19.4 Å². The summed E-state index contributed by atoms with van der Waals surface area (Å²) in [7, 11) is 3.08. The molecule has 1 N–H and O–H groups in total. The molecule has 0 bridgehead atoms. The smallest absolute Gasteiger partial charge is 0.312 e. The van der Waals surface area contributed by atoms with Gasteiger partial charge in [0.2, 0.25) is 5.91 Å². The maximum Gasteiger partial charge on any atom is 0.312 e. The summed E-state index contributed by atoms with van der Waals surface area (Å²) in [6, 6.07) is 6.80. The molecule has 16 heavy (non-hydrogen) atoms. The molecule has 5 heteroatoms. The van der Waals surface area contributed by atoms with Crippen LogP contribution >= 0.6 is 0 Å². The summed E-state index contributed by atoms with van der Waals surface area (Å²) < 4.78 is 4.98. The molecule has 0 atom stereocenters. The Hall–Kier alpha value is -2.04. The second kappa shape index (κ2) is 5.16. The van der Waals surface area contributed by atoms with Crippen molar-refractivity contribution in [1.29, 1.82) is 0 Å². The van der Waals surface area contributed by atoms with Crippen molar-refractivity contribution in [3.8, 4) is 5.75 Å². The van der Waals surface area contributed by atoms with Crippen LogP contribution in [0.3, 0.4) is 0 Å². The first-order valence-electron chi connectivity index (χ1n) is 4.67. The molecule has 0 heterocycles. The number of nitrogens with zero attached hydrogens (tertiary/aromatic N) is 1. The summed E-state index contributed by atoms with van der Waals surface area (Å²) in [4.78, 5) is 23.1. The van der Waals surface area contributed by atoms with Crippen LogP contribution in [-0.2, 0) is 9.59 Å². The zero-order valence-electron chi connectivity index (χ0n) is 9.14. The molecule has 1 rings (SSSR count). The maximum absolute atomic E-state index is 11.4. The molecule has 0 aromatic heterocycles. The number of ether oxygens (including phenoxy) is 1. The standard InChI is InChI=1S/C11H13NO4/c1-12(10(13)7-11(14)15)8-3-5-9(16-2)6-4-8/h3-6H,7H2,1-2H3,(H,14,15). The van der Waals surface area contributed by atoms with E-state index >= 15 is 0 Å². The second-order valence-corrected chi connectivity index (χ2v) is 3.22. The van der Waals surface area contributed by atoms with Crippen molar-refractivity contribution in [1.82, 2.24) is 0 Å². The van der Waals surface area contributed by atoms with E-state index in [1.54, 1.807) is 31.4 Å². The zero-order valence-corrected chi connectivity index (χ0v) is 9.14. The first-order valence-corrected chi connectivity index (χ1v) is 4.67. The van der Waals surface area contributed by atoms with Gasteiger partial charge in [-0.15, -0.1) is 0 Å². The fourth-order valence-corrected chi connectivity index (χ4v) is 1.20. The van der Waals surface area contributed by atoms with Gasteiger partial charge in [0.05, 0.1) is 7.11 Å². The number of hydrogen-bond donors (Lipinski definition) is 1. The van der Waals surface area contributed by atoms with Crippen LogP contribution in [0.1, 0.15) is 6.42 Å². The Morgan fingerprint density at radius 2 is 1.88 bits per heavy atom. The molecule has 5 nitrogen and oxygen atoms in total. The summed E-state index contributed by atoms with van der Waals surface area (Å²) in [5, 5.41) is 8.49. The molecule has 0 saturated heterocycles. The van der Waals surface area contributed by atoms with Crippen molar-refractivity contribution in [3.63, 3.8) is 0 Å². The molecule has 0 spiro atoms. The number of rotatable bonds is 4. The summed E-state index contributed by atoms with van der Waals surface area (Å²) in [6.45, 7) is 0. The van der Waals surface area contributed by atoms with Gasteiger partial charge in [-0.25, -0.2) is 0 Å². The fraction of sp³-hybridized carbons (Fsp3) is 0.273. The monoisotopic (exact) mass is 223 g/mol. The largest absolute Gasteiger partial charge is 0.497 e. The Labute approximate surface area is 93.2 Å². The number of carboxylic acid groups (broad SMARTS) is 1. The molecule has 0 aliphatic rings. The Bertz CT molecular complexity index is 385. The van der Waals surface area contributed by atoms with Gasteiger partial charge in [0.1, 0.15) is 12.2 Å². The molecule has 0 saturated carbocycles. The third-order valence-corrected chi connectivity index (χ3v) is 2.14. The first-order chi connectivity index (χ1) is 7.54. The van der Waals surface area contributed by atoms with Crippen LogP contribution in [-0.4, -0.2) is 31.1 Å². The number of aliphatic carboxylic acids is 1. The Kier molecular flexibility index (Phi) is 3.88. The summed E-state index contributed by atoms with van der Waals surface area (Å²) in [5.74, 6) is -0.911. The molecule has 1 aromatic carbocycles. The fourth-order valence-electron chi connectivity index (χ4n) is 1.20. The van der Waals surface area contributed by atoms with E-state index in [-0.39, 0.29) is 0 Å². The number of methoxy groups -OCH3 is 1. The van der Waals surface area contributed by atoms with E-state index in [9.17, 15) is 9.59 Å². The maximum atomic E-state index is 11.4. The molecule has 1 amide bonds. The van der Waals surface area contributed by atoms with Gasteiger partial charge in [0.15, 0.2) is 0 Å². The summed E-state index contributed by atoms with van der Waals surface area (Å²) in [5.41, 5.74) is 0.632. The molecule has 0 aliphatic heterocycles. The highest BCUT2D eigenvalue weighted by Gasteiger charge is 2.14. The van der Waals surface area contributed by atoms with Crippen molar-refractivity contribution in [2.45, 2.75) is 6.42 Å². The lowest BCUT2D eigenvalue weighted by Gasteiger charge is -2.16. The van der Waals surface area contributed by atoms with Gasteiger partial charge in [-0.3, -0.25) is 9.59 Å². The third kappa shape index (κ3) is 2.98. The number of benzene rings is 1. The van der Waals surface area contributed by atoms with E-state index in [1.807, 2.05) is 0 Å². The minimum Gasteiger partial charge on any atom is -0.497 e. The minimum absolute atomic E-state index is 0.460. The normalized spacial score (nSPS) is 9.62. The lowest BCUT2D eigenvalue weighted by Crippen LogP contribution is -2.28. The lowest BCUT2D eigenvalue weighted by molar-refractivity contribution is -0.140. The topological polar surface area (TPSA) is 66.8 Å². The zero-order chi connectivity index (χ0) is 12.1. The van der Waals surface area contributed by atoms with Gasteiger partial charge in [-0.1, -0.05) is 0 Å². The second-order valence-electron chi connectivity index (χ2n) is 3.22. The van der Waals surface area contributed by atoms with E-state index in [0.717, 1.165) is 0 Å². The van der Waals surface area contributed by atoms with Gasteiger partial charge in [0, 0.05) is 12.7 Å². The number of carbonyl (C=O) groups is 2. The average molecular weight is 223 g/mol. The van der Waals surface area contributed by atoms with Crippen LogP contribution < -0.4 is 9.64 Å². The Morgan fingerprint density at radius 3 is 2.31 bits per heavy atom. The molecule has 1 aromatic rings. The van der Waals surface area contributed by atoms with E-state index in [2.05, 4.69) is 0 Å². The molecule has 86 valence electrons. The highest BCUT2D eigenvalue weighted by atomic mass is 16.5. The van der Waals surface area contributed by atoms with E-state index in [0.29, 0.717) is 11.4 Å². The number of carbonyl (C=O) groups excluding carboxylic acids is 1. The molecule has 0 radical (unpaired) electrons. The minimum atomic E-state index is -1.13. The van der Waals surface area contributed by atoms with Crippen molar-refractivity contribution >= 4 is 17.6 Å². The van der Waals surface area contributed by atoms with E-state index in [4.69, 9.17) is 9.84 Å². The summed E-state index contributed by atoms with van der Waals surface area (Å²) in [6.07, 6.45) is -0.511. The van der Waals surface area contributed by atoms with Crippen LogP contribution in [0.25, 0.3) is 0 Å². The van der Waals surface area contributed by atoms with Crippen molar-refractivity contribution in [3.05, 3.63) is 24.3 Å². The highest BCUT2D eigenvalue weighted by molar-refractivity contribution is 6.02. The number of anilines is 1. The van der Waals surface area contributed by atoms with Crippen LogP contribution in [0.15, 0.2) is 24.3 Å². The van der Waals surface area contributed by atoms with Gasteiger partial charge in [-0.05, 0) is 24.3 Å². The molecular weight excluding hydrogens is 210 g/mol. The van der Waals surface area contributed by atoms with Gasteiger partial charge in [0.25, 0.3) is 0 Å². The highest BCUT2D eigenvalue weighted by Crippen LogP contribution is 2.18. The lowest BCUT2D eigenvalue weighted by atomic mass is 10.2. The van der Waals surface area contributed by atoms with Gasteiger partial charge < -0.3 is 14.7 Å². The molecule has 0 unspecified atom stereocenters. The van der Waals surface area contributed by atoms with Crippen LogP contribution in [0.2, 0.25) is 0 Å².